The van der Waals surface area contributed by atoms with Crippen LogP contribution in [0.25, 0.3) is 0 Å². The molecule has 1 rings (SSSR count). The third-order valence-corrected chi connectivity index (χ3v) is 1.34. The van der Waals surface area contributed by atoms with Gasteiger partial charge in [-0.25, -0.2) is 4.99 Å². The minimum absolute atomic E-state index is 0.0821. The van der Waals surface area contributed by atoms with Gasteiger partial charge >= 0.3 is 0 Å². The van der Waals surface area contributed by atoms with Crippen molar-refractivity contribution in [2.75, 3.05) is 6.61 Å². The van der Waals surface area contributed by atoms with Crippen molar-refractivity contribution >= 4 is 5.90 Å². The smallest absolute Gasteiger partial charge is 0.211 e. The van der Waals surface area contributed by atoms with Gasteiger partial charge in [-0.2, -0.15) is 0 Å². The maximum absolute atomic E-state index is 5.46. The van der Waals surface area contributed by atoms with Gasteiger partial charge in [-0.1, -0.05) is 0 Å². The molecule has 0 aromatic heterocycles. The molecule has 11 heavy (non-hydrogen) atoms. The largest absolute Gasteiger partial charge is 0.475 e. The first-order valence-electron chi connectivity index (χ1n) is 3.66. The van der Waals surface area contributed by atoms with Crippen molar-refractivity contribution in [3.05, 3.63) is 11.8 Å². The van der Waals surface area contributed by atoms with E-state index in [0.717, 1.165) is 5.70 Å². The van der Waals surface area contributed by atoms with Crippen LogP contribution in [-0.4, -0.2) is 18.0 Å². The molecule has 0 aromatic carbocycles. The van der Waals surface area contributed by atoms with E-state index in [4.69, 9.17) is 10.5 Å². The zero-order valence-corrected chi connectivity index (χ0v) is 7.22. The molecule has 3 nitrogen and oxygen atoms in total. The summed E-state index contributed by atoms with van der Waals surface area (Å²) in [6, 6.07) is 0. The van der Waals surface area contributed by atoms with E-state index in [2.05, 4.69) is 4.99 Å². The van der Waals surface area contributed by atoms with Crippen molar-refractivity contribution in [2.45, 2.75) is 26.3 Å². The number of hydrogen-bond donors (Lipinski definition) is 1. The van der Waals surface area contributed by atoms with E-state index < -0.39 is 0 Å². The van der Waals surface area contributed by atoms with E-state index in [0.29, 0.717) is 12.5 Å². The molecular formula is C8H14N2O. The van der Waals surface area contributed by atoms with Gasteiger partial charge in [0.05, 0.1) is 5.54 Å². The van der Waals surface area contributed by atoms with Crippen LogP contribution in [0.3, 0.4) is 0 Å². The first-order valence-corrected chi connectivity index (χ1v) is 3.66. The summed E-state index contributed by atoms with van der Waals surface area (Å²) in [7, 11) is 0. The quantitative estimate of drug-likeness (QED) is 0.613. The highest BCUT2D eigenvalue weighted by molar-refractivity contribution is 5.89. The van der Waals surface area contributed by atoms with Gasteiger partial charge in [0, 0.05) is 11.8 Å². The highest BCUT2D eigenvalue weighted by Gasteiger charge is 2.24. The first-order chi connectivity index (χ1) is 4.99. The summed E-state index contributed by atoms with van der Waals surface area (Å²) in [6.45, 7) is 6.52. The van der Waals surface area contributed by atoms with Crippen molar-refractivity contribution in [1.82, 2.24) is 0 Å². The molecule has 0 aromatic rings. The molecule has 0 radical (unpaired) electrons. The topological polar surface area (TPSA) is 47.6 Å². The lowest BCUT2D eigenvalue weighted by atomic mass is 10.1. The van der Waals surface area contributed by atoms with Gasteiger partial charge in [-0.15, -0.1) is 0 Å². The molecule has 0 saturated carbocycles. The predicted octanol–water partition coefficient (Wildman–Crippen LogP) is 1.06. The molecule has 0 aliphatic carbocycles. The van der Waals surface area contributed by atoms with Crippen LogP contribution >= 0.6 is 0 Å². The Morgan fingerprint density at radius 2 is 2.36 bits per heavy atom. The minimum Gasteiger partial charge on any atom is -0.475 e. The van der Waals surface area contributed by atoms with Crippen molar-refractivity contribution in [3.8, 4) is 0 Å². The Bertz CT molecular complexity index is 212. The van der Waals surface area contributed by atoms with Crippen molar-refractivity contribution in [2.24, 2.45) is 10.7 Å². The van der Waals surface area contributed by atoms with E-state index in [1.807, 2.05) is 20.8 Å². The third-order valence-electron chi connectivity index (χ3n) is 1.34. The molecule has 1 aliphatic heterocycles. The molecule has 2 N–H and O–H groups in total. The van der Waals surface area contributed by atoms with Crippen LogP contribution in [0.5, 0.6) is 0 Å². The Kier molecular flexibility index (Phi) is 1.89. The molecule has 0 fully saturated rings. The molecule has 0 spiro atoms. The van der Waals surface area contributed by atoms with E-state index >= 15 is 0 Å². The van der Waals surface area contributed by atoms with Crippen LogP contribution in [0, 0.1) is 0 Å². The van der Waals surface area contributed by atoms with E-state index in [1.54, 1.807) is 6.08 Å². The molecule has 0 atom stereocenters. The fourth-order valence-corrected chi connectivity index (χ4v) is 0.882. The number of ether oxygens (including phenoxy) is 1. The molecule has 0 bridgehead atoms. The molecule has 1 heterocycles. The molecule has 0 amide bonds. The molecular weight excluding hydrogens is 140 g/mol. The van der Waals surface area contributed by atoms with Crippen LogP contribution in [0.1, 0.15) is 20.8 Å². The predicted molar refractivity (Wildman–Crippen MR) is 45.4 cm³/mol. The van der Waals surface area contributed by atoms with Crippen LogP contribution in [-0.2, 0) is 4.74 Å². The highest BCUT2D eigenvalue weighted by Crippen LogP contribution is 2.17. The lowest BCUT2D eigenvalue weighted by Crippen LogP contribution is -2.17. The first kappa shape index (κ1) is 8.11. The summed E-state index contributed by atoms with van der Waals surface area (Å²) < 4.78 is 5.27. The van der Waals surface area contributed by atoms with Crippen LogP contribution in [0.15, 0.2) is 16.8 Å². The highest BCUT2D eigenvalue weighted by atomic mass is 16.5. The number of hydrogen-bond acceptors (Lipinski definition) is 3. The summed E-state index contributed by atoms with van der Waals surface area (Å²) >= 11 is 0. The standard InChI is InChI=1S/C8H14N2O/c1-6(9)4-7-10-8(2,3)5-11-7/h4H,5,9H2,1-3H3/b6-4+. The number of allylic oxidation sites excluding steroid dienone is 1. The Morgan fingerprint density at radius 3 is 2.73 bits per heavy atom. The third kappa shape index (κ3) is 2.26. The number of aliphatic imine (C=N–C) groups is 1. The number of nitrogens with zero attached hydrogens (tertiary/aromatic N) is 1. The van der Waals surface area contributed by atoms with Gasteiger partial charge in [0.1, 0.15) is 6.61 Å². The van der Waals surface area contributed by atoms with E-state index in [9.17, 15) is 0 Å². The Morgan fingerprint density at radius 1 is 1.73 bits per heavy atom. The van der Waals surface area contributed by atoms with Gasteiger partial charge in [-0.3, -0.25) is 0 Å². The second kappa shape index (κ2) is 2.57. The van der Waals surface area contributed by atoms with Crippen LogP contribution < -0.4 is 5.73 Å². The van der Waals surface area contributed by atoms with Gasteiger partial charge < -0.3 is 10.5 Å². The summed E-state index contributed by atoms with van der Waals surface area (Å²) in [5.41, 5.74) is 6.10. The number of rotatable bonds is 1. The zero-order valence-electron chi connectivity index (χ0n) is 7.22. The number of nitrogens with two attached hydrogens (primary N) is 1. The Balaban J connectivity index is 2.71. The van der Waals surface area contributed by atoms with Gasteiger partial charge in [-0.05, 0) is 20.8 Å². The van der Waals surface area contributed by atoms with Gasteiger partial charge in [0.15, 0.2) is 0 Å². The average Bonchev–Trinajstić information content (AvgIpc) is 2.08. The van der Waals surface area contributed by atoms with Crippen LogP contribution in [0.2, 0.25) is 0 Å². The van der Waals surface area contributed by atoms with E-state index in [1.165, 1.54) is 0 Å². The lowest BCUT2D eigenvalue weighted by Gasteiger charge is -2.07. The Hall–Kier alpha value is -0.990. The fourth-order valence-electron chi connectivity index (χ4n) is 0.882. The maximum atomic E-state index is 5.46. The second-order valence-electron chi connectivity index (χ2n) is 3.44. The monoisotopic (exact) mass is 154 g/mol. The molecule has 0 unspecified atom stereocenters. The van der Waals surface area contributed by atoms with Crippen molar-refractivity contribution < 1.29 is 4.74 Å². The van der Waals surface area contributed by atoms with Gasteiger partial charge in [0.2, 0.25) is 5.90 Å². The average molecular weight is 154 g/mol. The molecule has 0 saturated heterocycles. The Labute approximate surface area is 66.9 Å². The minimum atomic E-state index is -0.0821. The van der Waals surface area contributed by atoms with Crippen molar-refractivity contribution in [3.63, 3.8) is 0 Å². The van der Waals surface area contributed by atoms with E-state index in [-0.39, 0.29) is 5.54 Å². The fraction of sp³-hybridized carbons (Fsp3) is 0.625. The van der Waals surface area contributed by atoms with Crippen LogP contribution in [0.4, 0.5) is 0 Å². The lowest BCUT2D eigenvalue weighted by molar-refractivity contribution is 0.280. The molecule has 3 heteroatoms. The summed E-state index contributed by atoms with van der Waals surface area (Å²) in [6.07, 6.45) is 1.74. The van der Waals surface area contributed by atoms with Crippen molar-refractivity contribution in [1.29, 1.82) is 0 Å². The molecule has 1 aliphatic rings. The normalized spacial score (nSPS) is 22.8. The summed E-state index contributed by atoms with van der Waals surface area (Å²) in [4.78, 5) is 4.30. The SMILES string of the molecule is C/C(N)=C\C1=NC(C)(C)CO1. The maximum Gasteiger partial charge on any atom is 0.211 e. The molecule has 62 valence electrons. The van der Waals surface area contributed by atoms with Gasteiger partial charge in [0.25, 0.3) is 0 Å². The summed E-state index contributed by atoms with van der Waals surface area (Å²) in [5.74, 6) is 0.648. The summed E-state index contributed by atoms with van der Waals surface area (Å²) in [5, 5.41) is 0. The zero-order chi connectivity index (χ0) is 8.48. The second-order valence-corrected chi connectivity index (χ2v) is 3.44.